The number of aryl methyl sites for hydroxylation is 1. The van der Waals surface area contributed by atoms with Crippen molar-refractivity contribution in [3.8, 4) is 0 Å². The van der Waals surface area contributed by atoms with Crippen LogP contribution in [0, 0.1) is 5.41 Å². The summed E-state index contributed by atoms with van der Waals surface area (Å²) >= 11 is 0. The van der Waals surface area contributed by atoms with Crippen LogP contribution >= 0.6 is 0 Å². The lowest BCUT2D eigenvalue weighted by Crippen LogP contribution is -2.42. The number of carbonyl (C=O) groups excluding carboxylic acids is 1. The van der Waals surface area contributed by atoms with Crippen LogP contribution in [-0.4, -0.2) is 33.4 Å². The fourth-order valence-corrected chi connectivity index (χ4v) is 1.27. The molecule has 1 unspecified atom stereocenters. The second-order valence-electron chi connectivity index (χ2n) is 4.40. The molecule has 3 N–H and O–H groups in total. The first kappa shape index (κ1) is 14.0. The minimum atomic E-state index is -0.957. The van der Waals surface area contributed by atoms with E-state index < -0.39 is 17.4 Å². The summed E-state index contributed by atoms with van der Waals surface area (Å²) in [5.41, 5.74) is -0.957. The molecule has 0 spiro atoms. The average Bonchev–Trinajstić information content (AvgIpc) is 2.71. The highest BCUT2D eigenvalue weighted by atomic mass is 16.4. The van der Waals surface area contributed by atoms with Gasteiger partial charge in [0.15, 0.2) is 5.82 Å². The molecular formula is C11H18N4O3. The lowest BCUT2D eigenvalue weighted by atomic mass is 9.88. The topological polar surface area (TPSA) is 96.3 Å². The van der Waals surface area contributed by atoms with E-state index in [1.807, 2.05) is 0 Å². The van der Waals surface area contributed by atoms with E-state index in [1.165, 1.54) is 0 Å². The molecule has 1 rings (SSSR count). The average molecular weight is 254 g/mol. The highest BCUT2D eigenvalue weighted by Gasteiger charge is 2.31. The van der Waals surface area contributed by atoms with Crippen LogP contribution < -0.4 is 10.6 Å². The third-order valence-corrected chi connectivity index (χ3v) is 2.89. The van der Waals surface area contributed by atoms with Crippen LogP contribution in [0.15, 0.2) is 12.3 Å². The molecule has 0 saturated heterocycles. The lowest BCUT2D eigenvalue weighted by molar-refractivity contribution is -0.147. The first-order chi connectivity index (χ1) is 8.37. The number of anilines is 1. The van der Waals surface area contributed by atoms with Gasteiger partial charge in [-0.25, -0.2) is 4.79 Å². The SMILES string of the molecule is CCC(C)(CNC(=O)Nc1ccn(C)n1)C(=O)O. The Hall–Kier alpha value is -2.05. The van der Waals surface area contributed by atoms with Gasteiger partial charge in [-0.2, -0.15) is 5.10 Å². The van der Waals surface area contributed by atoms with E-state index >= 15 is 0 Å². The van der Waals surface area contributed by atoms with Crippen molar-refractivity contribution in [2.45, 2.75) is 20.3 Å². The molecule has 0 fully saturated rings. The Labute approximate surface area is 105 Å². The Bertz CT molecular complexity index is 443. The van der Waals surface area contributed by atoms with Gasteiger partial charge in [0, 0.05) is 25.9 Å². The van der Waals surface area contributed by atoms with Crippen LogP contribution in [0.5, 0.6) is 0 Å². The maximum absolute atomic E-state index is 11.5. The van der Waals surface area contributed by atoms with Crippen molar-refractivity contribution in [3.63, 3.8) is 0 Å². The summed E-state index contributed by atoms with van der Waals surface area (Å²) in [7, 11) is 1.74. The van der Waals surface area contributed by atoms with E-state index in [1.54, 1.807) is 37.8 Å². The Kier molecular flexibility index (Phi) is 4.30. The molecule has 0 aliphatic heterocycles. The highest BCUT2D eigenvalue weighted by Crippen LogP contribution is 2.19. The summed E-state index contributed by atoms with van der Waals surface area (Å²) in [4.78, 5) is 22.6. The zero-order chi connectivity index (χ0) is 13.8. The van der Waals surface area contributed by atoms with Crippen molar-refractivity contribution >= 4 is 17.8 Å². The number of amides is 2. The molecule has 18 heavy (non-hydrogen) atoms. The van der Waals surface area contributed by atoms with E-state index in [-0.39, 0.29) is 6.54 Å². The van der Waals surface area contributed by atoms with Gasteiger partial charge in [0.2, 0.25) is 0 Å². The Balaban J connectivity index is 2.48. The van der Waals surface area contributed by atoms with Crippen molar-refractivity contribution in [2.24, 2.45) is 12.5 Å². The zero-order valence-corrected chi connectivity index (χ0v) is 10.7. The molecule has 100 valence electrons. The Morgan fingerprint density at radius 2 is 2.22 bits per heavy atom. The van der Waals surface area contributed by atoms with Crippen molar-refractivity contribution in [1.29, 1.82) is 0 Å². The van der Waals surface area contributed by atoms with Gasteiger partial charge in [-0.3, -0.25) is 14.8 Å². The summed E-state index contributed by atoms with van der Waals surface area (Å²) < 4.78 is 1.56. The highest BCUT2D eigenvalue weighted by molar-refractivity contribution is 5.88. The van der Waals surface area contributed by atoms with Crippen molar-refractivity contribution < 1.29 is 14.7 Å². The summed E-state index contributed by atoms with van der Waals surface area (Å²) in [5, 5.41) is 18.1. The smallest absolute Gasteiger partial charge is 0.320 e. The van der Waals surface area contributed by atoms with Crippen LogP contribution in [0.25, 0.3) is 0 Å². The molecule has 0 aliphatic carbocycles. The number of aliphatic carboxylic acids is 1. The zero-order valence-electron chi connectivity index (χ0n) is 10.7. The molecule has 7 nitrogen and oxygen atoms in total. The van der Waals surface area contributed by atoms with E-state index in [2.05, 4.69) is 15.7 Å². The number of nitrogens with one attached hydrogen (secondary N) is 2. The molecule has 1 aromatic rings. The van der Waals surface area contributed by atoms with Crippen molar-refractivity contribution in [3.05, 3.63) is 12.3 Å². The Morgan fingerprint density at radius 3 is 2.67 bits per heavy atom. The first-order valence-corrected chi connectivity index (χ1v) is 5.65. The summed E-state index contributed by atoms with van der Waals surface area (Å²) in [6.45, 7) is 3.43. The number of carbonyl (C=O) groups is 2. The second kappa shape index (κ2) is 5.52. The summed E-state index contributed by atoms with van der Waals surface area (Å²) in [6.07, 6.45) is 2.13. The molecule has 0 aliphatic rings. The first-order valence-electron chi connectivity index (χ1n) is 5.65. The van der Waals surface area contributed by atoms with Crippen LogP contribution in [-0.2, 0) is 11.8 Å². The van der Waals surface area contributed by atoms with Gasteiger partial charge in [0.25, 0.3) is 0 Å². The summed E-state index contributed by atoms with van der Waals surface area (Å²) in [6, 6.07) is 1.19. The predicted octanol–water partition coefficient (Wildman–Crippen LogP) is 1.04. The third kappa shape index (κ3) is 3.47. The number of nitrogens with zero attached hydrogens (tertiary/aromatic N) is 2. The van der Waals surface area contributed by atoms with Gasteiger partial charge in [-0.15, -0.1) is 0 Å². The lowest BCUT2D eigenvalue weighted by Gasteiger charge is -2.23. The van der Waals surface area contributed by atoms with Crippen LogP contribution in [0.4, 0.5) is 10.6 Å². The molecule has 1 aromatic heterocycles. The molecule has 1 heterocycles. The predicted molar refractivity (Wildman–Crippen MR) is 66.3 cm³/mol. The second-order valence-corrected chi connectivity index (χ2v) is 4.40. The quantitative estimate of drug-likeness (QED) is 0.731. The third-order valence-electron chi connectivity index (χ3n) is 2.89. The largest absolute Gasteiger partial charge is 0.481 e. The number of hydrogen-bond acceptors (Lipinski definition) is 3. The number of aromatic nitrogens is 2. The molecular weight excluding hydrogens is 236 g/mol. The Morgan fingerprint density at radius 1 is 1.56 bits per heavy atom. The number of hydrogen-bond donors (Lipinski definition) is 3. The molecule has 0 aromatic carbocycles. The van der Waals surface area contributed by atoms with Crippen LogP contribution in [0.1, 0.15) is 20.3 Å². The fourth-order valence-electron chi connectivity index (χ4n) is 1.27. The number of rotatable bonds is 5. The van der Waals surface area contributed by atoms with Gasteiger partial charge in [-0.05, 0) is 13.3 Å². The monoisotopic (exact) mass is 254 g/mol. The molecule has 0 bridgehead atoms. The van der Waals surface area contributed by atoms with Crippen LogP contribution in [0.2, 0.25) is 0 Å². The standard InChI is InChI=1S/C11H18N4O3/c1-4-11(2,9(16)17)7-12-10(18)13-8-5-6-15(3)14-8/h5-6H,4,7H2,1-3H3,(H,16,17)(H2,12,13,14,18). The van der Waals surface area contributed by atoms with Gasteiger partial charge in [-0.1, -0.05) is 6.92 Å². The van der Waals surface area contributed by atoms with Crippen molar-refractivity contribution in [1.82, 2.24) is 15.1 Å². The number of carboxylic acids is 1. The van der Waals surface area contributed by atoms with Gasteiger partial charge in [0.05, 0.1) is 5.41 Å². The number of urea groups is 1. The maximum Gasteiger partial charge on any atom is 0.320 e. The summed E-state index contributed by atoms with van der Waals surface area (Å²) in [5.74, 6) is -0.508. The van der Waals surface area contributed by atoms with E-state index in [0.717, 1.165) is 0 Å². The van der Waals surface area contributed by atoms with Crippen LogP contribution in [0.3, 0.4) is 0 Å². The maximum atomic E-state index is 11.5. The molecule has 7 heteroatoms. The minimum absolute atomic E-state index is 0.0670. The molecule has 0 saturated carbocycles. The van der Waals surface area contributed by atoms with E-state index in [0.29, 0.717) is 12.2 Å². The minimum Gasteiger partial charge on any atom is -0.481 e. The molecule has 0 radical (unpaired) electrons. The fraction of sp³-hybridized carbons (Fsp3) is 0.545. The van der Waals surface area contributed by atoms with Gasteiger partial charge >= 0.3 is 12.0 Å². The van der Waals surface area contributed by atoms with E-state index in [9.17, 15) is 9.59 Å². The number of carboxylic acid groups (broad SMARTS) is 1. The van der Waals surface area contributed by atoms with Gasteiger partial charge < -0.3 is 10.4 Å². The molecule has 1 atom stereocenters. The van der Waals surface area contributed by atoms with Crippen molar-refractivity contribution in [2.75, 3.05) is 11.9 Å². The molecule has 2 amide bonds. The van der Waals surface area contributed by atoms with Gasteiger partial charge in [0.1, 0.15) is 0 Å². The normalized spacial score (nSPS) is 13.7. The van der Waals surface area contributed by atoms with E-state index in [4.69, 9.17) is 5.11 Å².